The zero-order valence-electron chi connectivity index (χ0n) is 14.6. The average Bonchev–Trinajstić information content (AvgIpc) is 3.36. The van der Waals surface area contributed by atoms with Gasteiger partial charge in [0.15, 0.2) is 0 Å². The summed E-state index contributed by atoms with van der Waals surface area (Å²) in [6, 6.07) is 5.57. The second-order valence-corrected chi connectivity index (χ2v) is 7.47. The first-order valence-electron chi connectivity index (χ1n) is 8.68. The van der Waals surface area contributed by atoms with Gasteiger partial charge in [0.2, 0.25) is 5.95 Å². The van der Waals surface area contributed by atoms with Crippen molar-refractivity contribution in [2.24, 2.45) is 7.05 Å². The van der Waals surface area contributed by atoms with E-state index in [1.54, 1.807) is 17.5 Å². The minimum Gasteiger partial charge on any atom is -0.391 e. The topological polar surface area (TPSA) is 83.3 Å². The molecule has 0 radical (unpaired) electrons. The van der Waals surface area contributed by atoms with Gasteiger partial charge in [-0.05, 0) is 24.6 Å². The predicted octanol–water partition coefficient (Wildman–Crippen LogP) is 1.57. The van der Waals surface area contributed by atoms with Gasteiger partial charge >= 0.3 is 0 Å². The maximum Gasteiger partial charge on any atom is 0.251 e. The smallest absolute Gasteiger partial charge is 0.251 e. The SMILES string of the molecule is Cn1c(N2CCC(O)C2)nc2cc(C(=O)NCCc3nccs3)ccc21. The predicted molar refractivity (Wildman–Crippen MR) is 102 cm³/mol. The molecule has 2 aromatic heterocycles. The van der Waals surface area contributed by atoms with E-state index in [1.165, 1.54) is 0 Å². The number of amides is 1. The second kappa shape index (κ2) is 7.05. The number of hydrogen-bond acceptors (Lipinski definition) is 6. The van der Waals surface area contributed by atoms with Crippen LogP contribution in [0.1, 0.15) is 21.8 Å². The number of fused-ring (bicyclic) bond motifs is 1. The van der Waals surface area contributed by atoms with Gasteiger partial charge in [0.25, 0.3) is 5.91 Å². The Bertz CT molecular complexity index is 921. The van der Waals surface area contributed by atoms with Crippen LogP contribution in [0.3, 0.4) is 0 Å². The van der Waals surface area contributed by atoms with Crippen LogP contribution in [0, 0.1) is 0 Å². The van der Waals surface area contributed by atoms with Gasteiger partial charge in [-0.25, -0.2) is 9.97 Å². The molecule has 136 valence electrons. The monoisotopic (exact) mass is 371 g/mol. The van der Waals surface area contributed by atoms with E-state index in [0.29, 0.717) is 18.7 Å². The van der Waals surface area contributed by atoms with Crippen LogP contribution in [-0.4, -0.2) is 51.3 Å². The number of rotatable bonds is 5. The van der Waals surface area contributed by atoms with Crippen molar-refractivity contribution < 1.29 is 9.90 Å². The molecule has 7 nitrogen and oxygen atoms in total. The minimum absolute atomic E-state index is 0.104. The number of β-amino-alcohol motifs (C(OH)–C–C–N with tert-alkyl or cyclic N) is 1. The van der Waals surface area contributed by atoms with Gasteiger partial charge < -0.3 is 19.9 Å². The van der Waals surface area contributed by atoms with Crippen molar-refractivity contribution in [1.29, 1.82) is 0 Å². The van der Waals surface area contributed by atoms with Gasteiger partial charge in [-0.3, -0.25) is 4.79 Å². The number of thiazole rings is 1. The molecular formula is C18H21N5O2S. The number of carbonyl (C=O) groups excluding carboxylic acids is 1. The highest BCUT2D eigenvalue weighted by molar-refractivity contribution is 7.09. The maximum atomic E-state index is 12.4. The Morgan fingerprint density at radius 3 is 3.08 bits per heavy atom. The molecule has 3 aromatic rings. The molecule has 8 heteroatoms. The fourth-order valence-corrected chi connectivity index (χ4v) is 3.92. The molecule has 1 atom stereocenters. The van der Waals surface area contributed by atoms with Gasteiger partial charge in [-0.1, -0.05) is 0 Å². The van der Waals surface area contributed by atoms with Crippen molar-refractivity contribution in [2.45, 2.75) is 18.9 Å². The van der Waals surface area contributed by atoms with Gasteiger partial charge in [0.05, 0.1) is 22.1 Å². The average molecular weight is 371 g/mol. The molecule has 0 bridgehead atoms. The molecule has 0 saturated carbocycles. The molecule has 1 unspecified atom stereocenters. The lowest BCUT2D eigenvalue weighted by atomic mass is 10.2. The molecule has 1 aromatic carbocycles. The van der Waals surface area contributed by atoms with Crippen LogP contribution in [0.15, 0.2) is 29.8 Å². The molecule has 1 aliphatic heterocycles. The molecule has 0 aliphatic carbocycles. The fraction of sp³-hybridized carbons (Fsp3) is 0.389. The van der Waals surface area contributed by atoms with Gasteiger partial charge in [-0.2, -0.15) is 0 Å². The summed E-state index contributed by atoms with van der Waals surface area (Å²) in [4.78, 5) is 23.4. The molecule has 1 saturated heterocycles. The largest absolute Gasteiger partial charge is 0.391 e. The number of aromatic nitrogens is 3. The van der Waals surface area contributed by atoms with Crippen molar-refractivity contribution in [3.63, 3.8) is 0 Å². The number of benzene rings is 1. The first-order valence-corrected chi connectivity index (χ1v) is 9.56. The zero-order chi connectivity index (χ0) is 18.1. The van der Waals surface area contributed by atoms with Crippen LogP contribution in [0.25, 0.3) is 11.0 Å². The van der Waals surface area contributed by atoms with Crippen LogP contribution in [0.4, 0.5) is 5.95 Å². The Morgan fingerprint density at radius 1 is 1.46 bits per heavy atom. The maximum absolute atomic E-state index is 12.4. The van der Waals surface area contributed by atoms with Gasteiger partial charge in [-0.15, -0.1) is 11.3 Å². The Labute approximate surface area is 155 Å². The summed E-state index contributed by atoms with van der Waals surface area (Å²) in [7, 11) is 1.96. The third kappa shape index (κ3) is 3.30. The highest BCUT2D eigenvalue weighted by Crippen LogP contribution is 2.25. The van der Waals surface area contributed by atoms with Crippen molar-refractivity contribution in [3.05, 3.63) is 40.3 Å². The highest BCUT2D eigenvalue weighted by atomic mass is 32.1. The van der Waals surface area contributed by atoms with Crippen LogP contribution >= 0.6 is 11.3 Å². The number of aliphatic hydroxyl groups excluding tert-OH is 1. The van der Waals surface area contributed by atoms with Crippen LogP contribution < -0.4 is 10.2 Å². The minimum atomic E-state index is -0.297. The Balaban J connectivity index is 1.49. The van der Waals surface area contributed by atoms with Crippen molar-refractivity contribution >= 4 is 34.2 Å². The van der Waals surface area contributed by atoms with E-state index in [1.807, 2.05) is 35.2 Å². The summed E-state index contributed by atoms with van der Waals surface area (Å²) >= 11 is 1.59. The van der Waals surface area contributed by atoms with E-state index in [-0.39, 0.29) is 12.0 Å². The quantitative estimate of drug-likeness (QED) is 0.711. The number of aliphatic hydroxyl groups is 1. The summed E-state index contributed by atoms with van der Waals surface area (Å²) in [5.74, 6) is 0.727. The van der Waals surface area contributed by atoms with Crippen molar-refractivity contribution in [2.75, 3.05) is 24.5 Å². The van der Waals surface area contributed by atoms with Gasteiger partial charge in [0.1, 0.15) is 0 Å². The molecule has 26 heavy (non-hydrogen) atoms. The summed E-state index contributed by atoms with van der Waals surface area (Å²) < 4.78 is 2.01. The molecule has 2 N–H and O–H groups in total. The van der Waals surface area contributed by atoms with E-state index < -0.39 is 0 Å². The fourth-order valence-electron chi connectivity index (χ4n) is 3.30. The summed E-state index contributed by atoms with van der Waals surface area (Å²) in [5, 5.41) is 15.6. The molecule has 4 rings (SSSR count). The summed E-state index contributed by atoms with van der Waals surface area (Å²) in [6.45, 7) is 1.95. The third-order valence-corrected chi connectivity index (χ3v) is 5.51. The lowest BCUT2D eigenvalue weighted by Crippen LogP contribution is -2.25. The number of carbonyl (C=O) groups is 1. The van der Waals surface area contributed by atoms with Crippen molar-refractivity contribution in [1.82, 2.24) is 19.9 Å². The van der Waals surface area contributed by atoms with E-state index in [0.717, 1.165) is 41.4 Å². The first kappa shape index (κ1) is 17.0. The van der Waals surface area contributed by atoms with Crippen LogP contribution in [0.5, 0.6) is 0 Å². The van der Waals surface area contributed by atoms with E-state index >= 15 is 0 Å². The highest BCUT2D eigenvalue weighted by Gasteiger charge is 2.24. The summed E-state index contributed by atoms with van der Waals surface area (Å²) in [6.07, 6.45) is 2.97. The van der Waals surface area contributed by atoms with E-state index in [2.05, 4.69) is 20.2 Å². The number of hydrogen-bond donors (Lipinski definition) is 2. The number of nitrogens with zero attached hydrogens (tertiary/aromatic N) is 4. The van der Waals surface area contributed by atoms with E-state index in [9.17, 15) is 9.90 Å². The Kier molecular flexibility index (Phi) is 4.60. The van der Waals surface area contributed by atoms with Crippen molar-refractivity contribution in [3.8, 4) is 0 Å². The normalized spacial score (nSPS) is 17.2. The number of aryl methyl sites for hydroxylation is 1. The molecule has 3 heterocycles. The number of nitrogens with one attached hydrogen (secondary N) is 1. The van der Waals surface area contributed by atoms with Crippen LogP contribution in [0.2, 0.25) is 0 Å². The van der Waals surface area contributed by atoms with Gasteiger partial charge in [0, 0.05) is 50.2 Å². The Hall–Kier alpha value is -2.45. The molecule has 1 aliphatic rings. The second-order valence-electron chi connectivity index (χ2n) is 6.49. The molecule has 1 fully saturated rings. The lowest BCUT2D eigenvalue weighted by Gasteiger charge is -2.16. The third-order valence-electron chi connectivity index (χ3n) is 4.67. The van der Waals surface area contributed by atoms with Crippen LogP contribution in [-0.2, 0) is 13.5 Å². The molecular weight excluding hydrogens is 350 g/mol. The number of anilines is 1. The summed E-state index contributed by atoms with van der Waals surface area (Å²) in [5.41, 5.74) is 2.36. The standard InChI is InChI=1S/C18H21N5O2S/c1-22-15-3-2-12(17(25)20-6-4-16-19-7-9-26-16)10-14(15)21-18(22)23-8-5-13(24)11-23/h2-3,7,9-10,13,24H,4-6,8,11H2,1H3,(H,20,25). The first-order chi connectivity index (χ1) is 12.6. The lowest BCUT2D eigenvalue weighted by molar-refractivity contribution is 0.0954. The van der Waals surface area contributed by atoms with E-state index in [4.69, 9.17) is 0 Å². The Morgan fingerprint density at radius 2 is 2.35 bits per heavy atom. The zero-order valence-corrected chi connectivity index (χ0v) is 15.4. The molecule has 0 spiro atoms. The molecule has 1 amide bonds. The number of imidazole rings is 1.